The molecule has 0 N–H and O–H groups in total. The van der Waals surface area contributed by atoms with Crippen LogP contribution < -0.4 is 0 Å². The fourth-order valence-corrected chi connectivity index (χ4v) is 2.48. The van der Waals surface area contributed by atoms with Gasteiger partial charge in [0.2, 0.25) is 0 Å². The largest absolute Gasteiger partial charge is 0.483 e. The van der Waals surface area contributed by atoms with E-state index < -0.39 is 42.0 Å². The van der Waals surface area contributed by atoms with Crippen molar-refractivity contribution >= 4 is 29.5 Å². The van der Waals surface area contributed by atoms with E-state index >= 15 is 0 Å². The summed E-state index contributed by atoms with van der Waals surface area (Å²) in [5.74, 6) is -2.81. The van der Waals surface area contributed by atoms with Crippen molar-refractivity contribution in [3.63, 3.8) is 0 Å². The van der Waals surface area contributed by atoms with Crippen LogP contribution in [0.15, 0.2) is 11.3 Å². The van der Waals surface area contributed by atoms with Crippen molar-refractivity contribution in [3.8, 4) is 0 Å². The first-order chi connectivity index (χ1) is 12.0. The third kappa shape index (κ3) is 5.98. The molecule has 9 nitrogen and oxygen atoms in total. The van der Waals surface area contributed by atoms with Crippen molar-refractivity contribution in [1.82, 2.24) is 0 Å². The van der Waals surface area contributed by atoms with E-state index in [-0.39, 0.29) is 30.1 Å². The summed E-state index contributed by atoms with van der Waals surface area (Å²) in [6.45, 7) is 5.71. The normalized spacial score (nSPS) is 23.5. The summed E-state index contributed by atoms with van der Waals surface area (Å²) >= 11 is 0. The zero-order valence-corrected chi connectivity index (χ0v) is 15.3. The molecule has 1 rings (SSSR count). The molecule has 0 aromatic heterocycles. The lowest BCUT2D eigenvalue weighted by Crippen LogP contribution is -2.39. The number of carbonyl (C=O) groups excluding carboxylic acids is 5. The number of carbonyl (C=O) groups is 5. The quantitative estimate of drug-likeness (QED) is 0.361. The van der Waals surface area contributed by atoms with Crippen molar-refractivity contribution in [2.24, 2.45) is 0 Å². The molecule has 0 spiro atoms. The predicted molar refractivity (Wildman–Crippen MR) is 85.6 cm³/mol. The van der Waals surface area contributed by atoms with Gasteiger partial charge in [0, 0.05) is 32.8 Å². The lowest BCUT2D eigenvalue weighted by Gasteiger charge is -2.21. The van der Waals surface area contributed by atoms with E-state index in [1.165, 1.54) is 20.8 Å². The monoisotopic (exact) mass is 370 g/mol. The standard InChI is InChI=1S/C17H22O9/c1-8(18)6-13(9(2)19)15-17(25-12(5)22)16(24-11(4)21)14(26-15)7-23-10(3)20/h14,16-17H,6-7H2,1-5H3/b15-13-/t14-,16-,17+/m1/s1. The van der Waals surface area contributed by atoms with E-state index in [1.54, 1.807) is 0 Å². The Hall–Kier alpha value is -2.71. The first-order valence-corrected chi connectivity index (χ1v) is 7.90. The lowest BCUT2D eigenvalue weighted by atomic mass is 10.0. The van der Waals surface area contributed by atoms with Gasteiger partial charge in [-0.2, -0.15) is 0 Å². The van der Waals surface area contributed by atoms with E-state index in [4.69, 9.17) is 18.9 Å². The van der Waals surface area contributed by atoms with Gasteiger partial charge < -0.3 is 18.9 Å². The summed E-state index contributed by atoms with van der Waals surface area (Å²) in [6.07, 6.45) is -3.60. The molecule has 0 aliphatic carbocycles. The molecular weight excluding hydrogens is 348 g/mol. The van der Waals surface area contributed by atoms with Crippen LogP contribution in [0.1, 0.15) is 41.0 Å². The second kappa shape index (κ2) is 9.12. The smallest absolute Gasteiger partial charge is 0.303 e. The second-order valence-corrected chi connectivity index (χ2v) is 5.84. The molecule has 0 aromatic carbocycles. The Kier molecular flexibility index (Phi) is 7.48. The Morgan fingerprint density at radius 3 is 1.88 bits per heavy atom. The van der Waals surface area contributed by atoms with Gasteiger partial charge in [-0.1, -0.05) is 0 Å². The maximum Gasteiger partial charge on any atom is 0.303 e. The summed E-state index contributed by atoms with van der Waals surface area (Å²) in [6, 6.07) is 0. The molecule has 144 valence electrons. The van der Waals surface area contributed by atoms with Crippen LogP contribution in [0, 0.1) is 0 Å². The van der Waals surface area contributed by atoms with Crippen molar-refractivity contribution in [2.75, 3.05) is 6.61 Å². The van der Waals surface area contributed by atoms with Gasteiger partial charge in [0.15, 0.2) is 24.1 Å². The van der Waals surface area contributed by atoms with Crippen molar-refractivity contribution in [2.45, 2.75) is 59.4 Å². The predicted octanol–water partition coefficient (Wildman–Crippen LogP) is 0.634. The minimum absolute atomic E-state index is 0.00577. The summed E-state index contributed by atoms with van der Waals surface area (Å²) in [7, 11) is 0. The number of allylic oxidation sites excluding steroid dienone is 1. The fourth-order valence-electron chi connectivity index (χ4n) is 2.48. The third-order valence-corrected chi connectivity index (χ3v) is 3.40. The maximum absolute atomic E-state index is 12.0. The average molecular weight is 370 g/mol. The van der Waals surface area contributed by atoms with Gasteiger partial charge in [0.05, 0.1) is 0 Å². The minimum atomic E-state index is -1.23. The summed E-state index contributed by atoms with van der Waals surface area (Å²) in [5.41, 5.74) is 0.00577. The second-order valence-electron chi connectivity index (χ2n) is 5.84. The van der Waals surface area contributed by atoms with Gasteiger partial charge in [-0.05, 0) is 13.8 Å². The maximum atomic E-state index is 12.0. The highest BCUT2D eigenvalue weighted by Gasteiger charge is 2.49. The Bertz CT molecular complexity index is 647. The first-order valence-electron chi connectivity index (χ1n) is 7.90. The van der Waals surface area contributed by atoms with Crippen LogP contribution in [0.25, 0.3) is 0 Å². The molecule has 1 aliphatic heterocycles. The molecule has 0 bridgehead atoms. The topological polar surface area (TPSA) is 122 Å². The highest BCUT2D eigenvalue weighted by molar-refractivity contribution is 5.99. The number of rotatable bonds is 7. The highest BCUT2D eigenvalue weighted by Crippen LogP contribution is 2.33. The fraction of sp³-hybridized carbons (Fsp3) is 0.588. The van der Waals surface area contributed by atoms with Gasteiger partial charge >= 0.3 is 17.9 Å². The van der Waals surface area contributed by atoms with Gasteiger partial charge in [-0.3, -0.25) is 24.0 Å². The molecule has 1 fully saturated rings. The van der Waals surface area contributed by atoms with Crippen LogP contribution in [-0.2, 0) is 42.9 Å². The lowest BCUT2D eigenvalue weighted by molar-refractivity contribution is -0.164. The molecule has 9 heteroatoms. The van der Waals surface area contributed by atoms with Crippen LogP contribution in [0.4, 0.5) is 0 Å². The van der Waals surface area contributed by atoms with Crippen LogP contribution in [0.3, 0.4) is 0 Å². The molecule has 1 saturated heterocycles. The summed E-state index contributed by atoms with van der Waals surface area (Å²) in [4.78, 5) is 57.5. The number of esters is 3. The number of Topliss-reactive ketones (excluding diaryl/α,β-unsaturated/α-hetero) is 2. The Labute approximate surface area is 150 Å². The number of hydrogen-bond acceptors (Lipinski definition) is 9. The number of ether oxygens (including phenoxy) is 4. The van der Waals surface area contributed by atoms with E-state index in [9.17, 15) is 24.0 Å². The van der Waals surface area contributed by atoms with Crippen LogP contribution in [0.5, 0.6) is 0 Å². The van der Waals surface area contributed by atoms with Gasteiger partial charge in [-0.25, -0.2) is 0 Å². The molecule has 0 unspecified atom stereocenters. The van der Waals surface area contributed by atoms with E-state index in [0.717, 1.165) is 13.8 Å². The molecular formula is C17H22O9. The number of ketones is 2. The van der Waals surface area contributed by atoms with Crippen molar-refractivity contribution < 1.29 is 42.9 Å². The van der Waals surface area contributed by atoms with Gasteiger partial charge in [0.1, 0.15) is 18.1 Å². The Balaban J connectivity index is 3.37. The molecule has 26 heavy (non-hydrogen) atoms. The molecule has 0 radical (unpaired) electrons. The van der Waals surface area contributed by atoms with Crippen LogP contribution >= 0.6 is 0 Å². The molecule has 0 amide bonds. The molecule has 0 aromatic rings. The summed E-state index contributed by atoms with van der Waals surface area (Å²) < 4.78 is 20.9. The van der Waals surface area contributed by atoms with Crippen molar-refractivity contribution in [1.29, 1.82) is 0 Å². The van der Waals surface area contributed by atoms with Gasteiger partial charge in [-0.15, -0.1) is 0 Å². The summed E-state index contributed by atoms with van der Waals surface area (Å²) in [5, 5.41) is 0. The Morgan fingerprint density at radius 1 is 0.885 bits per heavy atom. The van der Waals surface area contributed by atoms with Crippen LogP contribution in [0.2, 0.25) is 0 Å². The third-order valence-electron chi connectivity index (χ3n) is 3.40. The zero-order valence-electron chi connectivity index (χ0n) is 15.3. The SMILES string of the molecule is CC(=O)C/C(C(C)=O)=C1/O[C@H](COC(C)=O)[C@@H](OC(C)=O)[C@H]1OC(C)=O. The van der Waals surface area contributed by atoms with Crippen molar-refractivity contribution in [3.05, 3.63) is 11.3 Å². The average Bonchev–Trinajstić information content (AvgIpc) is 2.79. The van der Waals surface area contributed by atoms with E-state index in [2.05, 4.69) is 0 Å². The Morgan fingerprint density at radius 2 is 1.46 bits per heavy atom. The molecule has 1 aliphatic rings. The minimum Gasteiger partial charge on any atom is -0.483 e. The molecule has 3 atom stereocenters. The molecule has 1 heterocycles. The first kappa shape index (κ1) is 21.3. The van der Waals surface area contributed by atoms with Crippen LogP contribution in [-0.4, -0.2) is 54.4 Å². The molecule has 0 saturated carbocycles. The highest BCUT2D eigenvalue weighted by atomic mass is 16.6. The zero-order chi connectivity index (χ0) is 20.0. The van der Waals surface area contributed by atoms with E-state index in [0.29, 0.717) is 0 Å². The van der Waals surface area contributed by atoms with Gasteiger partial charge in [0.25, 0.3) is 0 Å². The van der Waals surface area contributed by atoms with E-state index in [1.807, 2.05) is 0 Å². The number of hydrogen-bond donors (Lipinski definition) is 0.